The summed E-state index contributed by atoms with van der Waals surface area (Å²) < 4.78 is 5.87. The lowest BCUT2D eigenvalue weighted by Gasteiger charge is -2.37. The number of benzene rings is 1. The Morgan fingerprint density at radius 2 is 1.88 bits per heavy atom. The Kier molecular flexibility index (Phi) is 7.62. The molecular weight excluding hydrogens is 324 g/mol. The number of esters is 1. The second-order valence-electron chi connectivity index (χ2n) is 7.91. The molecule has 0 N–H and O–H groups in total. The molecule has 0 spiro atoms. The molecule has 1 aliphatic carbocycles. The van der Waals surface area contributed by atoms with Crippen LogP contribution in [0.4, 0.5) is 0 Å². The molecule has 3 nitrogen and oxygen atoms in total. The van der Waals surface area contributed by atoms with Crippen LogP contribution in [0.2, 0.25) is 0 Å². The summed E-state index contributed by atoms with van der Waals surface area (Å²) >= 11 is 0. The second kappa shape index (κ2) is 9.70. The van der Waals surface area contributed by atoms with E-state index in [0.29, 0.717) is 24.2 Å². The summed E-state index contributed by atoms with van der Waals surface area (Å²) in [6.45, 7) is 8.45. The fraction of sp³-hybridized carbons (Fsp3) is 0.565. The molecule has 1 aromatic rings. The summed E-state index contributed by atoms with van der Waals surface area (Å²) in [5.74, 6) is 0.194. The van der Waals surface area contributed by atoms with Crippen LogP contribution in [-0.2, 0) is 14.3 Å². The van der Waals surface area contributed by atoms with Gasteiger partial charge in [-0.2, -0.15) is 0 Å². The normalized spacial score (nSPS) is 24.6. The summed E-state index contributed by atoms with van der Waals surface area (Å²) in [6, 6.07) is 9.64. The van der Waals surface area contributed by atoms with Crippen LogP contribution < -0.4 is 0 Å². The summed E-state index contributed by atoms with van der Waals surface area (Å²) in [7, 11) is 0. The van der Waals surface area contributed by atoms with Crippen molar-refractivity contribution < 1.29 is 14.3 Å². The van der Waals surface area contributed by atoms with Crippen molar-refractivity contribution in [2.75, 3.05) is 0 Å². The molecule has 0 heterocycles. The summed E-state index contributed by atoms with van der Waals surface area (Å²) in [5, 5.41) is 0. The number of rotatable bonds is 7. The van der Waals surface area contributed by atoms with Gasteiger partial charge in [-0.25, -0.2) is 0 Å². The standard InChI is InChI=1S/C23H32O3/c1-5-19(21(24)14-12-18-9-7-6-8-10-18)23(25)26-22-15-17(4)11-13-20(22)16(2)3/h6-10,12,14,16-17,19-20,22H,5,11,13,15H2,1-4H3/t17-,19+,20-,22+/m1/s1. The molecule has 142 valence electrons. The van der Waals surface area contributed by atoms with Crippen LogP contribution in [0.25, 0.3) is 6.08 Å². The fourth-order valence-corrected chi connectivity index (χ4v) is 3.82. The van der Waals surface area contributed by atoms with Crippen molar-refractivity contribution in [1.82, 2.24) is 0 Å². The molecule has 26 heavy (non-hydrogen) atoms. The number of carbonyl (C=O) groups is 2. The van der Waals surface area contributed by atoms with Gasteiger partial charge in [0.1, 0.15) is 12.0 Å². The Hall–Kier alpha value is -1.90. The van der Waals surface area contributed by atoms with Crippen LogP contribution in [0.5, 0.6) is 0 Å². The number of allylic oxidation sites excluding steroid dienone is 1. The lowest BCUT2D eigenvalue weighted by molar-refractivity contribution is -0.162. The Labute approximate surface area is 157 Å². The van der Waals surface area contributed by atoms with Crippen molar-refractivity contribution in [2.45, 2.75) is 59.5 Å². The van der Waals surface area contributed by atoms with Crippen molar-refractivity contribution in [3.8, 4) is 0 Å². The highest BCUT2D eigenvalue weighted by Crippen LogP contribution is 2.35. The van der Waals surface area contributed by atoms with E-state index in [1.54, 1.807) is 6.08 Å². The maximum absolute atomic E-state index is 12.7. The first-order valence-electron chi connectivity index (χ1n) is 9.89. The van der Waals surface area contributed by atoms with Gasteiger partial charge in [0.15, 0.2) is 5.78 Å². The number of ketones is 1. The van der Waals surface area contributed by atoms with Gasteiger partial charge >= 0.3 is 5.97 Å². The largest absolute Gasteiger partial charge is 0.462 e. The van der Waals surface area contributed by atoms with Crippen molar-refractivity contribution in [1.29, 1.82) is 0 Å². The minimum atomic E-state index is -0.708. The van der Waals surface area contributed by atoms with Crippen LogP contribution in [-0.4, -0.2) is 17.9 Å². The first kappa shape index (κ1) is 20.4. The predicted octanol–water partition coefficient (Wildman–Crippen LogP) is 5.30. The first-order valence-corrected chi connectivity index (χ1v) is 9.89. The van der Waals surface area contributed by atoms with Gasteiger partial charge in [0, 0.05) is 0 Å². The van der Waals surface area contributed by atoms with Crippen molar-refractivity contribution in [3.63, 3.8) is 0 Å². The Bertz CT molecular complexity index is 618. The molecule has 3 heteroatoms. The number of hydrogen-bond acceptors (Lipinski definition) is 3. The smallest absolute Gasteiger partial charge is 0.317 e. The minimum Gasteiger partial charge on any atom is -0.462 e. The van der Waals surface area contributed by atoms with E-state index in [4.69, 9.17) is 4.74 Å². The number of hydrogen-bond donors (Lipinski definition) is 0. The van der Waals surface area contributed by atoms with E-state index in [9.17, 15) is 9.59 Å². The molecule has 1 fully saturated rings. The zero-order valence-electron chi connectivity index (χ0n) is 16.5. The highest BCUT2D eigenvalue weighted by Gasteiger charge is 2.35. The van der Waals surface area contributed by atoms with Crippen molar-refractivity contribution in [2.24, 2.45) is 23.7 Å². The van der Waals surface area contributed by atoms with Crippen molar-refractivity contribution in [3.05, 3.63) is 42.0 Å². The highest BCUT2D eigenvalue weighted by atomic mass is 16.5. The Morgan fingerprint density at radius 3 is 2.50 bits per heavy atom. The lowest BCUT2D eigenvalue weighted by atomic mass is 9.75. The SMILES string of the molecule is CC[C@@H](C(=O)C=Cc1ccccc1)C(=O)O[C@H]1C[C@H](C)CC[C@@H]1C(C)C. The molecular formula is C23H32O3. The zero-order chi connectivity index (χ0) is 19.1. The van der Waals surface area contributed by atoms with Crippen LogP contribution in [0, 0.1) is 23.7 Å². The average Bonchev–Trinajstić information content (AvgIpc) is 2.61. The van der Waals surface area contributed by atoms with Crippen molar-refractivity contribution >= 4 is 17.8 Å². The van der Waals surface area contributed by atoms with Gasteiger partial charge in [-0.3, -0.25) is 9.59 Å². The third kappa shape index (κ3) is 5.55. The third-order valence-electron chi connectivity index (χ3n) is 5.50. The van der Waals surface area contributed by atoms with Gasteiger partial charge in [0.25, 0.3) is 0 Å². The van der Waals surface area contributed by atoms with Crippen LogP contribution in [0.3, 0.4) is 0 Å². The van der Waals surface area contributed by atoms with Gasteiger partial charge in [-0.15, -0.1) is 0 Å². The number of ether oxygens (including phenoxy) is 1. The van der Waals surface area contributed by atoms with Crippen LogP contribution >= 0.6 is 0 Å². The molecule has 1 saturated carbocycles. The molecule has 1 aliphatic rings. The fourth-order valence-electron chi connectivity index (χ4n) is 3.82. The minimum absolute atomic E-state index is 0.0637. The summed E-state index contributed by atoms with van der Waals surface area (Å²) in [6.07, 6.45) is 6.85. The van der Waals surface area contributed by atoms with E-state index in [1.165, 1.54) is 12.5 Å². The zero-order valence-corrected chi connectivity index (χ0v) is 16.5. The second-order valence-corrected chi connectivity index (χ2v) is 7.91. The molecule has 0 radical (unpaired) electrons. The van der Waals surface area contributed by atoms with E-state index >= 15 is 0 Å². The Morgan fingerprint density at radius 1 is 1.19 bits per heavy atom. The van der Waals surface area contributed by atoms with E-state index < -0.39 is 5.92 Å². The van der Waals surface area contributed by atoms with Crippen LogP contribution in [0.15, 0.2) is 36.4 Å². The highest BCUT2D eigenvalue weighted by molar-refractivity contribution is 6.06. The Balaban J connectivity index is 2.02. The van der Waals surface area contributed by atoms with E-state index in [2.05, 4.69) is 20.8 Å². The van der Waals surface area contributed by atoms with Gasteiger partial charge < -0.3 is 4.74 Å². The van der Waals surface area contributed by atoms with E-state index in [-0.39, 0.29) is 17.9 Å². The molecule has 0 aliphatic heterocycles. The summed E-state index contributed by atoms with van der Waals surface area (Å²) in [4.78, 5) is 25.2. The average molecular weight is 357 g/mol. The third-order valence-corrected chi connectivity index (χ3v) is 5.50. The molecule has 0 saturated heterocycles. The van der Waals surface area contributed by atoms with Gasteiger partial charge in [-0.05, 0) is 48.7 Å². The van der Waals surface area contributed by atoms with Gasteiger partial charge in [-0.1, -0.05) is 70.5 Å². The molecule has 1 aromatic carbocycles. The maximum atomic E-state index is 12.7. The molecule has 0 aromatic heterocycles. The predicted molar refractivity (Wildman–Crippen MR) is 105 cm³/mol. The molecule has 2 rings (SSSR count). The quantitative estimate of drug-likeness (QED) is 0.378. The van der Waals surface area contributed by atoms with E-state index in [0.717, 1.165) is 18.4 Å². The molecule has 0 unspecified atom stereocenters. The van der Waals surface area contributed by atoms with Gasteiger partial charge in [0.05, 0.1) is 0 Å². The topological polar surface area (TPSA) is 43.4 Å². The lowest BCUT2D eigenvalue weighted by Crippen LogP contribution is -2.38. The monoisotopic (exact) mass is 356 g/mol. The number of carbonyl (C=O) groups excluding carboxylic acids is 2. The van der Waals surface area contributed by atoms with Crippen LogP contribution in [0.1, 0.15) is 58.9 Å². The van der Waals surface area contributed by atoms with E-state index in [1.807, 2.05) is 37.3 Å². The molecule has 0 amide bonds. The molecule has 0 bridgehead atoms. The van der Waals surface area contributed by atoms with Gasteiger partial charge in [0.2, 0.25) is 0 Å². The summed E-state index contributed by atoms with van der Waals surface area (Å²) in [5.41, 5.74) is 0.949. The molecule has 4 atom stereocenters. The first-order chi connectivity index (χ1) is 12.4. The maximum Gasteiger partial charge on any atom is 0.317 e.